The average Bonchev–Trinajstić information content (AvgIpc) is 2.30. The van der Waals surface area contributed by atoms with E-state index in [-0.39, 0.29) is 6.17 Å². The highest BCUT2D eigenvalue weighted by atomic mass is 16.7. The number of hydrogen-bond donors (Lipinski definition) is 0. The predicted octanol–water partition coefficient (Wildman–Crippen LogP) is 0.105. The quantitative estimate of drug-likeness (QED) is 0.422. The van der Waals surface area contributed by atoms with E-state index < -0.39 is 5.03 Å². The van der Waals surface area contributed by atoms with Gasteiger partial charge < -0.3 is 0 Å². The third kappa shape index (κ3) is 1.24. The van der Waals surface area contributed by atoms with Crippen molar-refractivity contribution in [1.82, 2.24) is 10.0 Å². The summed E-state index contributed by atoms with van der Waals surface area (Å²) in [6.45, 7) is 1.88. The van der Waals surface area contributed by atoms with Gasteiger partial charge >= 0.3 is 0 Å². The van der Waals surface area contributed by atoms with E-state index in [1.54, 1.807) is 12.1 Å². The van der Waals surface area contributed by atoms with Gasteiger partial charge in [-0.2, -0.15) is 5.10 Å². The third-order valence-corrected chi connectivity index (χ3v) is 1.64. The first-order valence-electron chi connectivity index (χ1n) is 3.36. The summed E-state index contributed by atoms with van der Waals surface area (Å²) in [6, 6.07) is 0. The molecule has 0 aromatic carbocycles. The molecule has 62 valence electrons. The molecule has 0 N–H and O–H groups in total. The summed E-state index contributed by atoms with van der Waals surface area (Å²) in [7, 11) is 1.72. The Kier molecular flexibility index (Phi) is 1.93. The fraction of sp³-hybridized carbons (Fsp3) is 0.800. The molecule has 0 aromatic rings. The molecule has 1 aliphatic rings. The highest BCUT2D eigenvalue weighted by molar-refractivity contribution is 5.54. The minimum atomic E-state index is -0.457. The van der Waals surface area contributed by atoms with Crippen molar-refractivity contribution in [3.05, 3.63) is 10.1 Å². The zero-order valence-corrected chi connectivity index (χ0v) is 6.47. The lowest BCUT2D eigenvalue weighted by atomic mass is 10.4. The Bertz CT molecular complexity index is 193. The van der Waals surface area contributed by atoms with E-state index in [2.05, 4.69) is 5.10 Å². The molecular weight excluding hydrogens is 148 g/mol. The number of rotatable bonds is 2. The molecule has 0 spiro atoms. The van der Waals surface area contributed by atoms with E-state index in [9.17, 15) is 10.1 Å². The van der Waals surface area contributed by atoms with Crippen molar-refractivity contribution in [3.63, 3.8) is 0 Å². The molecule has 6 nitrogen and oxygen atoms in total. The van der Waals surface area contributed by atoms with Crippen LogP contribution in [0.5, 0.6) is 0 Å². The van der Waals surface area contributed by atoms with Crippen LogP contribution in [-0.4, -0.2) is 34.6 Å². The average molecular weight is 158 g/mol. The maximum atomic E-state index is 10.3. The van der Waals surface area contributed by atoms with Gasteiger partial charge in [0.15, 0.2) is 17.5 Å². The summed E-state index contributed by atoms with van der Waals surface area (Å²) in [4.78, 5) is 10.3. The second kappa shape index (κ2) is 2.73. The molecule has 0 aliphatic carbocycles. The topological polar surface area (TPSA) is 62.0 Å². The first-order valence-corrected chi connectivity index (χ1v) is 3.36. The molecule has 1 heterocycles. The van der Waals surface area contributed by atoms with Gasteiger partial charge in [-0.15, -0.1) is 0 Å². The first kappa shape index (κ1) is 7.77. The minimum Gasteiger partial charge on any atom is -0.270 e. The maximum Gasteiger partial charge on any atom is 0.182 e. The van der Waals surface area contributed by atoms with E-state index >= 15 is 0 Å². The van der Waals surface area contributed by atoms with Crippen molar-refractivity contribution in [2.24, 2.45) is 5.10 Å². The molecular formula is C5H10N4O2. The van der Waals surface area contributed by atoms with Crippen LogP contribution in [0.1, 0.15) is 13.3 Å². The number of hydrazone groups is 1. The standard InChI is InChI=1S/C5H10N4O2/c1-3-5-7(2)6-4-8(5)9(10)11/h4-5H,3H2,1-2H3. The largest absolute Gasteiger partial charge is 0.270 e. The van der Waals surface area contributed by atoms with E-state index in [1.165, 1.54) is 6.34 Å². The molecule has 1 aliphatic heterocycles. The molecule has 1 rings (SSSR count). The van der Waals surface area contributed by atoms with Crippen molar-refractivity contribution in [3.8, 4) is 0 Å². The van der Waals surface area contributed by atoms with Gasteiger partial charge in [0.1, 0.15) is 0 Å². The summed E-state index contributed by atoms with van der Waals surface area (Å²) in [5, 5.41) is 16.2. The summed E-state index contributed by atoms with van der Waals surface area (Å²) in [6.07, 6.45) is 1.68. The Labute approximate surface area is 64.2 Å². The molecule has 1 atom stereocenters. The van der Waals surface area contributed by atoms with E-state index in [1.807, 2.05) is 6.92 Å². The van der Waals surface area contributed by atoms with Gasteiger partial charge in [-0.3, -0.25) is 5.01 Å². The van der Waals surface area contributed by atoms with Crippen LogP contribution in [0.25, 0.3) is 0 Å². The van der Waals surface area contributed by atoms with Crippen molar-refractivity contribution in [1.29, 1.82) is 0 Å². The Balaban J connectivity index is 2.68. The molecule has 0 saturated carbocycles. The van der Waals surface area contributed by atoms with Gasteiger partial charge in [-0.05, 0) is 6.42 Å². The number of nitrogens with zero attached hydrogens (tertiary/aromatic N) is 4. The van der Waals surface area contributed by atoms with Gasteiger partial charge in [0.25, 0.3) is 0 Å². The van der Waals surface area contributed by atoms with Crippen molar-refractivity contribution < 1.29 is 5.03 Å². The zero-order chi connectivity index (χ0) is 8.43. The Hall–Kier alpha value is -1.33. The second-order valence-electron chi connectivity index (χ2n) is 2.31. The molecule has 1 unspecified atom stereocenters. The summed E-state index contributed by atoms with van der Waals surface area (Å²) < 4.78 is 0. The third-order valence-electron chi connectivity index (χ3n) is 1.64. The highest BCUT2D eigenvalue weighted by Gasteiger charge is 2.31. The maximum absolute atomic E-state index is 10.3. The van der Waals surface area contributed by atoms with Crippen LogP contribution >= 0.6 is 0 Å². The monoisotopic (exact) mass is 158 g/mol. The van der Waals surface area contributed by atoms with Crippen LogP contribution in [0.2, 0.25) is 0 Å². The lowest BCUT2D eigenvalue weighted by molar-refractivity contribution is -0.638. The first-order chi connectivity index (χ1) is 5.16. The van der Waals surface area contributed by atoms with Crippen molar-refractivity contribution in [2.45, 2.75) is 19.5 Å². The van der Waals surface area contributed by atoms with Crippen LogP contribution in [0.3, 0.4) is 0 Å². The zero-order valence-electron chi connectivity index (χ0n) is 6.47. The molecule has 6 heteroatoms. The van der Waals surface area contributed by atoms with Crippen LogP contribution in [-0.2, 0) is 0 Å². The second-order valence-corrected chi connectivity index (χ2v) is 2.31. The lowest BCUT2D eigenvalue weighted by Crippen LogP contribution is -2.40. The molecule has 0 saturated heterocycles. The molecule has 0 fully saturated rings. The highest BCUT2D eigenvalue weighted by Crippen LogP contribution is 2.12. The SMILES string of the molecule is CCC1N(C)N=CN1[N+](=O)[O-]. The minimum absolute atomic E-state index is 0.231. The lowest BCUT2D eigenvalue weighted by Gasteiger charge is -2.18. The number of hydrazine groups is 1. The Morgan fingerprint density at radius 2 is 2.45 bits per heavy atom. The number of nitro groups is 1. The Morgan fingerprint density at radius 3 is 2.82 bits per heavy atom. The van der Waals surface area contributed by atoms with E-state index in [4.69, 9.17) is 0 Å². The van der Waals surface area contributed by atoms with Crippen LogP contribution in [0.4, 0.5) is 0 Å². The molecule has 0 amide bonds. The van der Waals surface area contributed by atoms with Gasteiger partial charge in [0.05, 0.1) is 0 Å². The predicted molar refractivity (Wildman–Crippen MR) is 39.2 cm³/mol. The Morgan fingerprint density at radius 1 is 1.82 bits per heavy atom. The van der Waals surface area contributed by atoms with Crippen molar-refractivity contribution >= 4 is 6.34 Å². The number of hydrogen-bond acceptors (Lipinski definition) is 4. The van der Waals surface area contributed by atoms with Crippen LogP contribution < -0.4 is 0 Å². The van der Waals surface area contributed by atoms with E-state index in [0.717, 1.165) is 5.01 Å². The molecule has 0 radical (unpaired) electrons. The van der Waals surface area contributed by atoms with Crippen LogP contribution in [0.15, 0.2) is 5.10 Å². The van der Waals surface area contributed by atoms with Gasteiger partial charge in [-0.25, -0.2) is 10.1 Å². The van der Waals surface area contributed by atoms with Crippen molar-refractivity contribution in [2.75, 3.05) is 7.05 Å². The molecule has 11 heavy (non-hydrogen) atoms. The van der Waals surface area contributed by atoms with Gasteiger partial charge in [-0.1, -0.05) is 11.9 Å². The van der Waals surface area contributed by atoms with Gasteiger partial charge in [0.2, 0.25) is 0 Å². The summed E-state index contributed by atoms with van der Waals surface area (Å²) >= 11 is 0. The van der Waals surface area contributed by atoms with Gasteiger partial charge in [0, 0.05) is 7.05 Å². The normalized spacial score (nSPS) is 22.9. The molecule has 0 aromatic heterocycles. The molecule has 0 bridgehead atoms. The van der Waals surface area contributed by atoms with Crippen LogP contribution in [0, 0.1) is 10.1 Å². The fourth-order valence-electron chi connectivity index (χ4n) is 1.06. The smallest absolute Gasteiger partial charge is 0.182 e. The summed E-state index contributed by atoms with van der Waals surface area (Å²) in [5.74, 6) is 0. The fourth-order valence-corrected chi connectivity index (χ4v) is 1.06. The van der Waals surface area contributed by atoms with E-state index in [0.29, 0.717) is 6.42 Å². The summed E-state index contributed by atoms with van der Waals surface area (Å²) in [5.41, 5.74) is 0.